The molecule has 5 heteroatoms. The number of hydrogen-bond acceptors (Lipinski definition) is 5. The van der Waals surface area contributed by atoms with Crippen LogP contribution in [0.3, 0.4) is 0 Å². The van der Waals surface area contributed by atoms with Crippen molar-refractivity contribution in [2.75, 3.05) is 26.1 Å². The van der Waals surface area contributed by atoms with Crippen molar-refractivity contribution >= 4 is 0 Å². The molecular formula is C25H37NO4. The van der Waals surface area contributed by atoms with Gasteiger partial charge in [0.05, 0.1) is 23.7 Å². The molecule has 0 aliphatic heterocycles. The van der Waals surface area contributed by atoms with Crippen molar-refractivity contribution in [3.05, 3.63) is 65.1 Å². The highest BCUT2D eigenvalue weighted by Gasteiger charge is 2.09. The van der Waals surface area contributed by atoms with Crippen LogP contribution in [-0.2, 0) is 17.8 Å². The monoisotopic (exact) mass is 427 g/mol. The summed E-state index contributed by atoms with van der Waals surface area (Å²) in [6, 6.07) is 6.50. The van der Waals surface area contributed by atoms with Crippen molar-refractivity contribution in [3.63, 3.8) is 0 Å². The van der Waals surface area contributed by atoms with E-state index in [4.69, 9.17) is 21.2 Å². The molecule has 0 saturated carbocycles. The first-order valence-corrected chi connectivity index (χ1v) is 9.85. The lowest BCUT2D eigenvalue weighted by molar-refractivity contribution is 0.126. The molecule has 2 rings (SSSR count). The Morgan fingerprint density at radius 3 is 2.53 bits per heavy atom. The van der Waals surface area contributed by atoms with Gasteiger partial charge in [-0.25, -0.2) is 0 Å². The first-order chi connectivity index (χ1) is 19.2. The van der Waals surface area contributed by atoms with E-state index in [2.05, 4.69) is 0 Å². The highest BCUT2D eigenvalue weighted by atomic mass is 16.5. The molecule has 1 atom stereocenters. The number of benzene rings is 2. The fourth-order valence-electron chi connectivity index (χ4n) is 2.47. The molecule has 0 spiro atoms. The molecule has 2 aromatic carbocycles. The summed E-state index contributed by atoms with van der Waals surface area (Å²) in [6.45, 7) is -11.5. The number of aryl methyl sites for hydroxylation is 1. The van der Waals surface area contributed by atoms with Gasteiger partial charge in [-0.3, -0.25) is 0 Å². The molecule has 0 aliphatic carbocycles. The molecule has 0 heterocycles. The molecule has 0 aromatic heterocycles. The Kier molecular flexibility index (Phi) is 6.09. The molecular weight excluding hydrogens is 378 g/mol. The highest BCUT2D eigenvalue weighted by Crippen LogP contribution is 2.22. The molecule has 0 amide bonds. The quantitative estimate of drug-likeness (QED) is 0.303. The largest absolute Gasteiger partial charge is 0.508 e. The third-order valence-electron chi connectivity index (χ3n) is 4.09. The minimum absolute atomic E-state index is 0.0233. The molecule has 30 heavy (non-hydrogen) atoms. The smallest absolute Gasteiger partial charge is 0.121 e. The topological polar surface area (TPSA) is 82.0 Å². The van der Waals surface area contributed by atoms with Crippen LogP contribution in [-0.4, -0.2) is 41.4 Å². The van der Waals surface area contributed by atoms with E-state index in [9.17, 15) is 15.3 Å². The van der Waals surface area contributed by atoms with Crippen molar-refractivity contribution in [2.24, 2.45) is 0 Å². The lowest BCUT2D eigenvalue weighted by Gasteiger charge is -2.14. The van der Waals surface area contributed by atoms with Gasteiger partial charge in [0.15, 0.2) is 0 Å². The predicted molar refractivity (Wildman–Crippen MR) is 121 cm³/mol. The third-order valence-corrected chi connectivity index (χ3v) is 4.09. The molecule has 2 aromatic rings. The summed E-state index contributed by atoms with van der Waals surface area (Å²) >= 11 is 0. The van der Waals surface area contributed by atoms with Crippen molar-refractivity contribution in [2.45, 2.75) is 57.6 Å². The Labute approximate surface area is 197 Å². The maximum atomic E-state index is 10.8. The van der Waals surface area contributed by atoms with Gasteiger partial charge in [-0.1, -0.05) is 49.2 Å². The minimum atomic E-state index is -3.50. The summed E-state index contributed by atoms with van der Waals surface area (Å²) in [5.41, 5.74) is -0.634. The van der Waals surface area contributed by atoms with Crippen molar-refractivity contribution in [1.82, 2.24) is 5.32 Å². The Morgan fingerprint density at radius 2 is 1.77 bits per heavy atom. The van der Waals surface area contributed by atoms with Gasteiger partial charge in [-0.05, 0) is 61.8 Å². The second kappa shape index (κ2) is 15.0. The number of aliphatic hydroxyl groups is 2. The maximum absolute atomic E-state index is 10.8. The molecule has 5 nitrogen and oxygen atoms in total. The Balaban J connectivity index is 1.97. The number of nitrogens with one attached hydrogen (secondary N) is 1. The van der Waals surface area contributed by atoms with Gasteiger partial charge in [0, 0.05) is 30.7 Å². The Hall–Kier alpha value is -1.92. The van der Waals surface area contributed by atoms with Crippen LogP contribution in [0.25, 0.3) is 0 Å². The van der Waals surface area contributed by atoms with Crippen LogP contribution >= 0.6 is 0 Å². The molecule has 1 unspecified atom stereocenters. The Bertz CT molecular complexity index is 1200. The van der Waals surface area contributed by atoms with Crippen LogP contribution in [0.4, 0.5) is 0 Å². The second-order valence-corrected chi connectivity index (χ2v) is 6.45. The SMILES string of the molecule is [2H]c1c([2H])c(C([2H])(O)C([2H])([2H])NC([2H])([2H])CCCCC([2H])([2H])OC([2H])([2H])CCCc2ccccc2)c([2H])c(CO)c1O. The Morgan fingerprint density at radius 1 is 1.03 bits per heavy atom. The van der Waals surface area contributed by atoms with E-state index in [1.807, 2.05) is 35.6 Å². The second-order valence-electron chi connectivity index (χ2n) is 6.45. The van der Waals surface area contributed by atoms with E-state index in [-0.39, 0.29) is 25.7 Å². The lowest BCUT2D eigenvalue weighted by Crippen LogP contribution is -2.22. The fraction of sp³-hybridized carbons (Fsp3) is 0.520. The molecule has 0 aliphatic rings. The molecule has 0 saturated heterocycles. The molecule has 0 fully saturated rings. The fourth-order valence-corrected chi connectivity index (χ4v) is 2.47. The average Bonchev–Trinajstić information content (AvgIpc) is 2.85. The van der Waals surface area contributed by atoms with Gasteiger partial charge >= 0.3 is 0 Å². The summed E-state index contributed by atoms with van der Waals surface area (Å²) < 4.78 is 102. The van der Waals surface area contributed by atoms with Crippen LogP contribution in [0.5, 0.6) is 5.75 Å². The number of aliphatic hydroxyl groups excluding tert-OH is 1. The first kappa shape index (κ1) is 12.2. The van der Waals surface area contributed by atoms with Crippen molar-refractivity contribution < 1.29 is 36.5 Å². The minimum Gasteiger partial charge on any atom is -0.508 e. The van der Waals surface area contributed by atoms with E-state index >= 15 is 0 Å². The van der Waals surface area contributed by atoms with Crippen LogP contribution in [0.1, 0.15) is 77.7 Å². The zero-order chi connectivity index (χ0) is 32.1. The van der Waals surface area contributed by atoms with E-state index in [0.717, 1.165) is 5.56 Å². The zero-order valence-corrected chi connectivity index (χ0v) is 16.8. The van der Waals surface area contributed by atoms with Gasteiger partial charge in [0.1, 0.15) is 5.75 Å². The number of phenols is 1. The lowest BCUT2D eigenvalue weighted by atomic mass is 10.1. The normalized spacial score (nSPS) is 21.0. The van der Waals surface area contributed by atoms with Gasteiger partial charge in [-0.15, -0.1) is 0 Å². The third kappa shape index (κ3) is 9.72. The summed E-state index contributed by atoms with van der Waals surface area (Å²) in [6.07, 6.45) is -3.22. The number of aromatic hydroxyl groups is 1. The van der Waals surface area contributed by atoms with Gasteiger partial charge in [-0.2, -0.15) is 0 Å². The van der Waals surface area contributed by atoms with Crippen LogP contribution in [0.15, 0.2) is 48.5 Å². The molecule has 0 radical (unpaired) electrons. The summed E-state index contributed by atoms with van der Waals surface area (Å²) in [7, 11) is 0. The van der Waals surface area contributed by atoms with Crippen LogP contribution in [0.2, 0.25) is 0 Å². The standard InChI is InChI=1S/C25H37NO4/c27-20-23-18-22(13-14-24(23)28)25(29)19-26-15-7-1-2-8-16-30-17-9-6-12-21-10-4-3-5-11-21/h3-5,10-11,13-14,18,25-29H,1-2,6-9,12,15-17,19-20H2/i13D,14D,15D2,16D2,17D2,18D,19D2,25D. The summed E-state index contributed by atoms with van der Waals surface area (Å²) in [5, 5.41) is 31.9. The number of unbranched alkanes of at least 4 members (excludes halogenated alkanes) is 1. The average molecular weight is 428 g/mol. The van der Waals surface area contributed by atoms with Crippen molar-refractivity contribution in [3.8, 4) is 5.75 Å². The highest BCUT2D eigenvalue weighted by molar-refractivity contribution is 5.36. The summed E-state index contributed by atoms with van der Waals surface area (Å²) in [4.78, 5) is 0. The summed E-state index contributed by atoms with van der Waals surface area (Å²) in [5.74, 6) is -0.931. The van der Waals surface area contributed by atoms with Gasteiger partial charge in [0.25, 0.3) is 0 Å². The maximum Gasteiger partial charge on any atom is 0.121 e. The van der Waals surface area contributed by atoms with E-state index in [1.165, 1.54) is 0 Å². The van der Waals surface area contributed by atoms with E-state index < -0.39 is 80.2 Å². The van der Waals surface area contributed by atoms with Gasteiger partial charge in [0.2, 0.25) is 0 Å². The van der Waals surface area contributed by atoms with Gasteiger partial charge < -0.3 is 25.4 Å². The molecule has 4 N–H and O–H groups in total. The van der Waals surface area contributed by atoms with E-state index in [1.54, 1.807) is 0 Å². The number of rotatable bonds is 16. The van der Waals surface area contributed by atoms with Crippen LogP contribution < -0.4 is 5.32 Å². The predicted octanol–water partition coefficient (Wildman–Crippen LogP) is 4.11. The number of ether oxygens (including phenoxy) is 1. The first-order valence-electron chi connectivity index (χ1n) is 15.9. The number of hydrogen-bond donors (Lipinski definition) is 4. The molecule has 0 bridgehead atoms. The van der Waals surface area contributed by atoms with Crippen molar-refractivity contribution in [1.29, 1.82) is 0 Å². The van der Waals surface area contributed by atoms with E-state index in [0.29, 0.717) is 12.8 Å². The van der Waals surface area contributed by atoms with Crippen LogP contribution in [0, 0.1) is 0 Å². The molecule has 166 valence electrons. The zero-order valence-electron chi connectivity index (χ0n) is 28.8.